The number of nitrogen functional groups attached to an aromatic ring is 1. The summed E-state index contributed by atoms with van der Waals surface area (Å²) < 4.78 is 0. The van der Waals surface area contributed by atoms with Crippen molar-refractivity contribution in [3.05, 3.63) is 28.3 Å². The van der Waals surface area contributed by atoms with E-state index < -0.39 is 4.92 Å². The summed E-state index contributed by atoms with van der Waals surface area (Å²) >= 11 is 0. The van der Waals surface area contributed by atoms with E-state index in [2.05, 4.69) is 12.2 Å². The van der Waals surface area contributed by atoms with Crippen LogP contribution in [-0.4, -0.2) is 11.5 Å². The molecule has 0 spiro atoms. The van der Waals surface area contributed by atoms with Crippen LogP contribution < -0.4 is 11.1 Å². The molecule has 1 aromatic rings. The second kappa shape index (κ2) is 5.91. The molecule has 0 amide bonds. The van der Waals surface area contributed by atoms with Crippen LogP contribution in [0.2, 0.25) is 0 Å². The van der Waals surface area contributed by atoms with Gasteiger partial charge in [0.2, 0.25) is 0 Å². The molecule has 0 heterocycles. The molecule has 104 valence electrons. The molecule has 2 rings (SSSR count). The summed E-state index contributed by atoms with van der Waals surface area (Å²) in [5.74, 6) is 1.55. The van der Waals surface area contributed by atoms with Gasteiger partial charge in [-0.2, -0.15) is 0 Å². The van der Waals surface area contributed by atoms with Crippen LogP contribution in [0.5, 0.6) is 0 Å². The van der Waals surface area contributed by atoms with Gasteiger partial charge in [-0.15, -0.1) is 0 Å². The number of nitro benzene ring substituents is 1. The lowest BCUT2D eigenvalue weighted by atomic mass is 9.83. The summed E-state index contributed by atoms with van der Waals surface area (Å²) in [6.45, 7) is 3.23. The highest BCUT2D eigenvalue weighted by molar-refractivity contribution is 5.65. The molecule has 0 aromatic heterocycles. The number of benzene rings is 1. The second-order valence-corrected chi connectivity index (χ2v) is 5.54. The highest BCUT2D eigenvalue weighted by Gasteiger charge is 2.18. The Bertz CT molecular complexity index is 454. The molecule has 5 nitrogen and oxygen atoms in total. The van der Waals surface area contributed by atoms with Gasteiger partial charge < -0.3 is 11.1 Å². The van der Waals surface area contributed by atoms with E-state index in [9.17, 15) is 10.1 Å². The van der Waals surface area contributed by atoms with Crippen molar-refractivity contribution in [3.8, 4) is 0 Å². The van der Waals surface area contributed by atoms with Gasteiger partial charge in [0.05, 0.1) is 4.92 Å². The molecule has 1 fully saturated rings. The third-order valence-electron chi connectivity index (χ3n) is 3.95. The van der Waals surface area contributed by atoms with Crippen LogP contribution in [0.15, 0.2) is 18.2 Å². The lowest BCUT2D eigenvalue weighted by molar-refractivity contribution is -0.383. The average Bonchev–Trinajstić information content (AvgIpc) is 2.37. The van der Waals surface area contributed by atoms with Gasteiger partial charge in [-0.3, -0.25) is 10.1 Å². The summed E-state index contributed by atoms with van der Waals surface area (Å²) in [4.78, 5) is 10.2. The zero-order chi connectivity index (χ0) is 13.8. The van der Waals surface area contributed by atoms with Crippen molar-refractivity contribution in [1.29, 1.82) is 0 Å². The molecule has 19 heavy (non-hydrogen) atoms. The molecule has 0 bridgehead atoms. The van der Waals surface area contributed by atoms with E-state index in [0.29, 0.717) is 5.92 Å². The zero-order valence-electron chi connectivity index (χ0n) is 11.3. The maximum atomic E-state index is 10.7. The van der Waals surface area contributed by atoms with Crippen molar-refractivity contribution in [3.63, 3.8) is 0 Å². The number of nitrogens with two attached hydrogens (primary N) is 1. The van der Waals surface area contributed by atoms with Crippen LogP contribution in [0.4, 0.5) is 17.1 Å². The Kier molecular flexibility index (Phi) is 4.24. The zero-order valence-corrected chi connectivity index (χ0v) is 11.3. The maximum absolute atomic E-state index is 10.7. The van der Waals surface area contributed by atoms with Gasteiger partial charge in [-0.1, -0.05) is 19.8 Å². The molecule has 3 N–H and O–H groups in total. The van der Waals surface area contributed by atoms with Crippen molar-refractivity contribution in [2.45, 2.75) is 32.6 Å². The molecule has 0 aliphatic heterocycles. The van der Waals surface area contributed by atoms with E-state index in [4.69, 9.17) is 5.73 Å². The number of nitro groups is 1. The van der Waals surface area contributed by atoms with Gasteiger partial charge in [-0.05, 0) is 36.8 Å². The fourth-order valence-electron chi connectivity index (χ4n) is 2.63. The minimum Gasteiger partial charge on any atom is -0.393 e. The smallest absolute Gasteiger partial charge is 0.292 e. The van der Waals surface area contributed by atoms with Crippen LogP contribution in [0.25, 0.3) is 0 Å². The molecule has 1 aliphatic rings. The van der Waals surface area contributed by atoms with Crippen molar-refractivity contribution in [1.82, 2.24) is 0 Å². The van der Waals surface area contributed by atoms with Gasteiger partial charge in [0.25, 0.3) is 5.69 Å². The third kappa shape index (κ3) is 3.59. The standard InChI is InChI=1S/C14H21N3O2/c1-10-2-4-11(5-3-10)9-16-12-6-7-14(17(18)19)13(15)8-12/h6-8,10-11,16H,2-5,9,15H2,1H3. The molecule has 1 aliphatic carbocycles. The molecule has 0 radical (unpaired) electrons. The highest BCUT2D eigenvalue weighted by Crippen LogP contribution is 2.29. The molecule has 0 atom stereocenters. The summed E-state index contributed by atoms with van der Waals surface area (Å²) in [6.07, 6.45) is 5.12. The molecule has 0 unspecified atom stereocenters. The van der Waals surface area contributed by atoms with Gasteiger partial charge in [0.15, 0.2) is 0 Å². The fraction of sp³-hybridized carbons (Fsp3) is 0.571. The first kappa shape index (κ1) is 13.6. The Morgan fingerprint density at radius 3 is 2.63 bits per heavy atom. The molecular formula is C14H21N3O2. The van der Waals surface area contributed by atoms with E-state index in [1.165, 1.54) is 31.7 Å². The van der Waals surface area contributed by atoms with E-state index in [-0.39, 0.29) is 11.4 Å². The third-order valence-corrected chi connectivity index (χ3v) is 3.95. The van der Waals surface area contributed by atoms with E-state index >= 15 is 0 Å². The lowest BCUT2D eigenvalue weighted by Gasteiger charge is -2.26. The van der Waals surface area contributed by atoms with E-state index in [0.717, 1.165) is 18.2 Å². The van der Waals surface area contributed by atoms with Gasteiger partial charge in [-0.25, -0.2) is 0 Å². The summed E-state index contributed by atoms with van der Waals surface area (Å²) in [6, 6.07) is 4.82. The first-order chi connectivity index (χ1) is 9.06. The summed E-state index contributed by atoms with van der Waals surface area (Å²) in [5.41, 5.74) is 6.71. The van der Waals surface area contributed by atoms with Crippen LogP contribution >= 0.6 is 0 Å². The number of rotatable bonds is 4. The van der Waals surface area contributed by atoms with Crippen LogP contribution in [0.1, 0.15) is 32.6 Å². The first-order valence-corrected chi connectivity index (χ1v) is 6.84. The van der Waals surface area contributed by atoms with Crippen molar-refractivity contribution in [2.24, 2.45) is 11.8 Å². The molecule has 1 aromatic carbocycles. The SMILES string of the molecule is CC1CCC(CNc2ccc([N+](=O)[O-])c(N)c2)CC1. The van der Waals surface area contributed by atoms with Crippen LogP contribution in [0.3, 0.4) is 0 Å². The fourth-order valence-corrected chi connectivity index (χ4v) is 2.63. The minimum absolute atomic E-state index is 0.0305. The number of nitrogens with zero attached hydrogens (tertiary/aromatic N) is 1. The second-order valence-electron chi connectivity index (χ2n) is 5.54. The Hall–Kier alpha value is -1.78. The average molecular weight is 263 g/mol. The Balaban J connectivity index is 1.89. The van der Waals surface area contributed by atoms with Crippen molar-refractivity contribution < 1.29 is 4.92 Å². The number of hydrogen-bond acceptors (Lipinski definition) is 4. The predicted octanol–water partition coefficient (Wildman–Crippen LogP) is 3.42. The Morgan fingerprint density at radius 2 is 2.05 bits per heavy atom. The maximum Gasteiger partial charge on any atom is 0.292 e. The number of anilines is 2. The minimum atomic E-state index is -0.457. The van der Waals surface area contributed by atoms with Gasteiger partial charge >= 0.3 is 0 Å². The van der Waals surface area contributed by atoms with Crippen LogP contribution in [-0.2, 0) is 0 Å². The Morgan fingerprint density at radius 1 is 1.37 bits per heavy atom. The van der Waals surface area contributed by atoms with Crippen molar-refractivity contribution in [2.75, 3.05) is 17.6 Å². The summed E-state index contributed by atoms with van der Waals surface area (Å²) in [5, 5.41) is 14.0. The van der Waals surface area contributed by atoms with Gasteiger partial charge in [0, 0.05) is 18.3 Å². The lowest BCUT2D eigenvalue weighted by Crippen LogP contribution is -2.20. The largest absolute Gasteiger partial charge is 0.393 e. The monoisotopic (exact) mass is 263 g/mol. The normalized spacial score (nSPS) is 23.0. The molecule has 5 heteroatoms. The van der Waals surface area contributed by atoms with Crippen LogP contribution in [0, 0.1) is 22.0 Å². The first-order valence-electron chi connectivity index (χ1n) is 6.84. The van der Waals surface area contributed by atoms with E-state index in [1.54, 1.807) is 12.1 Å². The quantitative estimate of drug-likeness (QED) is 0.495. The highest BCUT2D eigenvalue weighted by atomic mass is 16.6. The summed E-state index contributed by atoms with van der Waals surface area (Å²) in [7, 11) is 0. The number of hydrogen-bond donors (Lipinski definition) is 2. The molecule has 1 saturated carbocycles. The van der Waals surface area contributed by atoms with E-state index in [1.807, 2.05) is 0 Å². The predicted molar refractivity (Wildman–Crippen MR) is 77.1 cm³/mol. The molecular weight excluding hydrogens is 242 g/mol. The van der Waals surface area contributed by atoms with Gasteiger partial charge in [0.1, 0.15) is 5.69 Å². The number of nitrogens with one attached hydrogen (secondary N) is 1. The Labute approximate surface area is 113 Å². The van der Waals surface area contributed by atoms with Crippen molar-refractivity contribution >= 4 is 17.1 Å². The molecule has 0 saturated heterocycles. The topological polar surface area (TPSA) is 81.2 Å².